The Morgan fingerprint density at radius 3 is 2.87 bits per heavy atom. The fourth-order valence-electron chi connectivity index (χ4n) is 1.63. The molecule has 116 valence electrons. The van der Waals surface area contributed by atoms with Gasteiger partial charge in [-0.3, -0.25) is 0 Å². The van der Waals surface area contributed by atoms with E-state index < -0.39 is 0 Å². The quantitative estimate of drug-likeness (QED) is 0.625. The SMILES string of the molecule is CCN(C)c1nc(-c2cccs2)c(/N=N/c2nc(C#N)ns2)s1. The number of hydrogen-bond donors (Lipinski definition) is 0. The van der Waals surface area contributed by atoms with Gasteiger partial charge in [-0.05, 0) is 18.4 Å². The van der Waals surface area contributed by atoms with E-state index in [4.69, 9.17) is 5.26 Å². The molecule has 3 heterocycles. The largest absolute Gasteiger partial charge is 0.351 e. The summed E-state index contributed by atoms with van der Waals surface area (Å²) in [4.78, 5) is 11.7. The number of anilines is 1. The third-order valence-electron chi connectivity index (χ3n) is 2.90. The van der Waals surface area contributed by atoms with Gasteiger partial charge in [0.25, 0.3) is 0 Å². The van der Waals surface area contributed by atoms with E-state index in [9.17, 15) is 0 Å². The molecule has 0 aromatic carbocycles. The molecular weight excluding hydrogens is 350 g/mol. The van der Waals surface area contributed by atoms with E-state index in [1.54, 1.807) is 11.3 Å². The van der Waals surface area contributed by atoms with Crippen molar-refractivity contribution >= 4 is 49.5 Å². The molecule has 3 rings (SSSR count). The van der Waals surface area contributed by atoms with Crippen LogP contribution in [0.1, 0.15) is 12.7 Å². The van der Waals surface area contributed by atoms with Gasteiger partial charge in [-0.1, -0.05) is 17.4 Å². The number of aromatic nitrogens is 3. The van der Waals surface area contributed by atoms with Crippen LogP contribution < -0.4 is 4.90 Å². The molecular formula is C13H11N7S3. The van der Waals surface area contributed by atoms with Crippen LogP contribution in [0.25, 0.3) is 10.6 Å². The zero-order valence-electron chi connectivity index (χ0n) is 12.3. The highest BCUT2D eigenvalue weighted by Gasteiger charge is 2.16. The zero-order chi connectivity index (χ0) is 16.2. The average molecular weight is 361 g/mol. The van der Waals surface area contributed by atoms with Crippen LogP contribution in [0, 0.1) is 11.3 Å². The number of nitriles is 1. The summed E-state index contributed by atoms with van der Waals surface area (Å²) in [6, 6.07) is 5.86. The highest BCUT2D eigenvalue weighted by Crippen LogP contribution is 2.41. The Balaban J connectivity index is 1.96. The number of thiazole rings is 1. The molecule has 0 amide bonds. The summed E-state index contributed by atoms with van der Waals surface area (Å²) < 4.78 is 3.86. The van der Waals surface area contributed by atoms with Crippen LogP contribution in [-0.4, -0.2) is 27.9 Å². The summed E-state index contributed by atoms with van der Waals surface area (Å²) in [5.41, 5.74) is 0.814. The molecule has 10 heteroatoms. The van der Waals surface area contributed by atoms with E-state index in [1.165, 1.54) is 11.3 Å². The Morgan fingerprint density at radius 2 is 2.22 bits per heavy atom. The molecule has 0 spiro atoms. The van der Waals surface area contributed by atoms with Crippen molar-refractivity contribution in [3.05, 3.63) is 23.3 Å². The van der Waals surface area contributed by atoms with Gasteiger partial charge in [0.05, 0.1) is 4.88 Å². The molecule has 23 heavy (non-hydrogen) atoms. The molecule has 0 saturated heterocycles. The molecule has 0 aliphatic carbocycles. The molecule has 0 atom stereocenters. The minimum absolute atomic E-state index is 0.109. The van der Waals surface area contributed by atoms with Crippen LogP contribution in [0.2, 0.25) is 0 Å². The van der Waals surface area contributed by atoms with Crippen molar-refractivity contribution in [3.63, 3.8) is 0 Å². The first-order valence-corrected chi connectivity index (χ1v) is 9.09. The van der Waals surface area contributed by atoms with Crippen molar-refractivity contribution in [1.29, 1.82) is 5.26 Å². The third-order valence-corrected chi connectivity index (χ3v) is 5.43. The lowest BCUT2D eigenvalue weighted by atomic mass is 10.4. The zero-order valence-corrected chi connectivity index (χ0v) is 14.7. The molecule has 0 saturated carbocycles. The predicted molar refractivity (Wildman–Crippen MR) is 93.2 cm³/mol. The highest BCUT2D eigenvalue weighted by atomic mass is 32.1. The van der Waals surface area contributed by atoms with Gasteiger partial charge in [-0.2, -0.15) is 14.6 Å². The molecule has 7 nitrogen and oxygen atoms in total. The van der Waals surface area contributed by atoms with Crippen molar-refractivity contribution in [2.75, 3.05) is 18.5 Å². The van der Waals surface area contributed by atoms with Gasteiger partial charge in [-0.25, -0.2) is 4.98 Å². The molecule has 3 aromatic heterocycles. The second kappa shape index (κ2) is 6.91. The summed E-state index contributed by atoms with van der Waals surface area (Å²) in [6.45, 7) is 2.92. The predicted octanol–water partition coefficient (Wildman–Crippen LogP) is 4.47. The van der Waals surface area contributed by atoms with Gasteiger partial charge >= 0.3 is 0 Å². The number of thiophene rings is 1. The van der Waals surface area contributed by atoms with Gasteiger partial charge in [0.2, 0.25) is 11.0 Å². The van der Waals surface area contributed by atoms with E-state index in [1.807, 2.05) is 30.6 Å². The van der Waals surface area contributed by atoms with E-state index in [0.717, 1.165) is 38.8 Å². The second-order valence-electron chi connectivity index (χ2n) is 4.35. The molecule has 0 aliphatic heterocycles. The first-order valence-electron chi connectivity index (χ1n) is 6.62. The third kappa shape index (κ3) is 3.42. The average Bonchev–Trinajstić information content (AvgIpc) is 3.30. The Bertz CT molecular complexity index is 857. The number of hydrogen-bond acceptors (Lipinski definition) is 10. The highest BCUT2D eigenvalue weighted by molar-refractivity contribution is 7.20. The van der Waals surface area contributed by atoms with Gasteiger partial charge in [0.1, 0.15) is 11.8 Å². The van der Waals surface area contributed by atoms with E-state index in [-0.39, 0.29) is 5.82 Å². The summed E-state index contributed by atoms with van der Waals surface area (Å²) in [5, 5.41) is 21.1. The maximum Gasteiger partial charge on any atom is 0.250 e. The van der Waals surface area contributed by atoms with E-state index in [0.29, 0.717) is 5.13 Å². The van der Waals surface area contributed by atoms with Crippen molar-refractivity contribution in [2.45, 2.75) is 6.92 Å². The Morgan fingerprint density at radius 1 is 1.35 bits per heavy atom. The number of rotatable bonds is 5. The fraction of sp³-hybridized carbons (Fsp3) is 0.231. The topological polar surface area (TPSA) is 90.4 Å². The standard InChI is InChI=1S/C13H11N7S3/c1-3-20(2)13-16-10(8-5-4-6-21-8)11(22-13)17-18-12-15-9(7-14)19-23-12/h4-6H,3H2,1-2H3/b18-17+. The van der Waals surface area contributed by atoms with Crippen LogP contribution in [0.15, 0.2) is 27.7 Å². The molecule has 0 bridgehead atoms. The summed E-state index contributed by atoms with van der Waals surface area (Å²) in [5.74, 6) is 0.109. The van der Waals surface area contributed by atoms with E-state index in [2.05, 4.69) is 36.4 Å². The van der Waals surface area contributed by atoms with Crippen molar-refractivity contribution < 1.29 is 0 Å². The second-order valence-corrected chi connectivity index (χ2v) is 6.99. The minimum atomic E-state index is 0.109. The van der Waals surface area contributed by atoms with Gasteiger partial charge < -0.3 is 4.90 Å². The lowest BCUT2D eigenvalue weighted by Gasteiger charge is -2.10. The van der Waals surface area contributed by atoms with Crippen LogP contribution in [-0.2, 0) is 0 Å². The molecule has 0 aliphatic rings. The maximum absolute atomic E-state index is 8.74. The number of nitrogens with zero attached hydrogens (tertiary/aromatic N) is 7. The van der Waals surface area contributed by atoms with Crippen LogP contribution in [0.4, 0.5) is 15.3 Å². The monoisotopic (exact) mass is 361 g/mol. The summed E-state index contributed by atoms with van der Waals surface area (Å²) in [6.07, 6.45) is 0. The lowest BCUT2D eigenvalue weighted by molar-refractivity contribution is 0.959. The van der Waals surface area contributed by atoms with Gasteiger partial charge in [-0.15, -0.1) is 21.6 Å². The smallest absolute Gasteiger partial charge is 0.250 e. The van der Waals surface area contributed by atoms with Crippen LogP contribution in [0.3, 0.4) is 0 Å². The molecule has 0 unspecified atom stereocenters. The molecule has 3 aromatic rings. The molecule has 0 N–H and O–H groups in total. The number of azo groups is 1. The minimum Gasteiger partial charge on any atom is -0.351 e. The van der Waals surface area contributed by atoms with Gasteiger partial charge in [0, 0.05) is 25.1 Å². The molecule has 0 radical (unpaired) electrons. The first-order chi connectivity index (χ1) is 11.2. The van der Waals surface area contributed by atoms with Crippen molar-refractivity contribution in [1.82, 2.24) is 14.3 Å². The normalized spacial score (nSPS) is 11.0. The van der Waals surface area contributed by atoms with Crippen LogP contribution in [0.5, 0.6) is 0 Å². The summed E-state index contributed by atoms with van der Waals surface area (Å²) in [7, 11) is 1.99. The summed E-state index contributed by atoms with van der Waals surface area (Å²) >= 11 is 4.13. The van der Waals surface area contributed by atoms with Gasteiger partial charge in [0.15, 0.2) is 10.1 Å². The van der Waals surface area contributed by atoms with Crippen molar-refractivity contribution in [2.24, 2.45) is 10.2 Å². The Kier molecular flexibility index (Phi) is 4.71. The Labute approximate surface area is 144 Å². The lowest BCUT2D eigenvalue weighted by Crippen LogP contribution is -2.15. The first kappa shape index (κ1) is 15.7. The van der Waals surface area contributed by atoms with E-state index >= 15 is 0 Å². The van der Waals surface area contributed by atoms with Crippen LogP contribution >= 0.6 is 34.2 Å². The fourth-order valence-corrected chi connectivity index (χ4v) is 3.79. The Hall–Kier alpha value is -2.22. The maximum atomic E-state index is 8.74. The molecule has 0 fully saturated rings. The van der Waals surface area contributed by atoms with Crippen molar-refractivity contribution in [3.8, 4) is 16.6 Å².